The maximum absolute atomic E-state index is 13.8. The van der Waals surface area contributed by atoms with Crippen LogP contribution in [-0.4, -0.2) is 17.3 Å². The first-order valence-electron chi connectivity index (χ1n) is 11.3. The van der Waals surface area contributed by atoms with Crippen LogP contribution < -0.4 is 5.32 Å². The highest BCUT2D eigenvalue weighted by atomic mass is 16.1. The summed E-state index contributed by atoms with van der Waals surface area (Å²) in [5, 5.41) is 12.4. The number of hydrogen-bond acceptors (Lipinski definition) is 5. The van der Waals surface area contributed by atoms with Crippen molar-refractivity contribution in [1.29, 1.82) is 0 Å². The van der Waals surface area contributed by atoms with Crippen LogP contribution in [0.2, 0.25) is 0 Å². The molecule has 2 aliphatic heterocycles. The molecule has 0 radical (unpaired) electrons. The fourth-order valence-corrected chi connectivity index (χ4v) is 6.26. The van der Waals surface area contributed by atoms with Crippen molar-refractivity contribution < 1.29 is 4.79 Å². The number of ketones is 1. The van der Waals surface area contributed by atoms with E-state index in [0.717, 1.165) is 65.2 Å². The van der Waals surface area contributed by atoms with Crippen LogP contribution in [0.4, 0.5) is 0 Å². The number of aromatic nitrogens is 1. The number of benzene rings is 1. The van der Waals surface area contributed by atoms with E-state index in [-0.39, 0.29) is 5.92 Å². The second-order valence-electron chi connectivity index (χ2n) is 9.24. The minimum absolute atomic E-state index is 0.167. The van der Waals surface area contributed by atoms with Gasteiger partial charge >= 0.3 is 0 Å². The Morgan fingerprint density at radius 3 is 2.81 bits per heavy atom. The summed E-state index contributed by atoms with van der Waals surface area (Å²) in [6, 6.07) is 12.9. The summed E-state index contributed by atoms with van der Waals surface area (Å²) in [4.78, 5) is 18.1. The van der Waals surface area contributed by atoms with Crippen LogP contribution in [-0.2, 0) is 10.2 Å². The van der Waals surface area contributed by atoms with Gasteiger partial charge in [-0.3, -0.25) is 9.78 Å². The number of pyridine rings is 1. The Kier molecular flexibility index (Phi) is 4.04. The third-order valence-electron chi connectivity index (χ3n) is 7.72. The summed E-state index contributed by atoms with van der Waals surface area (Å²) in [5.41, 5.74) is 7.25. The molecule has 1 aromatic carbocycles. The topological polar surface area (TPSA) is 66.7 Å². The predicted molar refractivity (Wildman–Crippen MR) is 119 cm³/mol. The van der Waals surface area contributed by atoms with Gasteiger partial charge in [0.15, 0.2) is 11.6 Å². The van der Waals surface area contributed by atoms with Crippen LogP contribution in [0.25, 0.3) is 11.1 Å². The lowest BCUT2D eigenvalue weighted by Crippen LogP contribution is -2.46. The van der Waals surface area contributed by atoms with Gasteiger partial charge in [0.1, 0.15) is 0 Å². The van der Waals surface area contributed by atoms with Crippen molar-refractivity contribution >= 4 is 5.78 Å². The van der Waals surface area contributed by atoms with Gasteiger partial charge in [-0.25, -0.2) is 0 Å². The molecule has 2 bridgehead atoms. The lowest BCUT2D eigenvalue weighted by molar-refractivity contribution is -0.120. The molecule has 2 aromatic rings. The molecule has 1 fully saturated rings. The smallest absolute Gasteiger partial charge is 0.164 e. The molecule has 5 nitrogen and oxygen atoms in total. The van der Waals surface area contributed by atoms with Crippen molar-refractivity contribution in [3.8, 4) is 11.1 Å². The number of azo groups is 1. The van der Waals surface area contributed by atoms with E-state index in [0.29, 0.717) is 18.2 Å². The zero-order chi connectivity index (χ0) is 21.2. The van der Waals surface area contributed by atoms with Gasteiger partial charge in [0.05, 0.1) is 12.0 Å². The molecule has 1 aromatic heterocycles. The van der Waals surface area contributed by atoms with Gasteiger partial charge in [0.25, 0.3) is 0 Å². The predicted octanol–water partition coefficient (Wildman–Crippen LogP) is 5.24. The molecule has 1 saturated carbocycles. The van der Waals surface area contributed by atoms with Crippen molar-refractivity contribution in [2.24, 2.45) is 22.1 Å². The Labute approximate surface area is 182 Å². The Bertz CT molecular complexity index is 1210. The molecule has 2 aliphatic carbocycles. The Hall–Kier alpha value is -3.08. The molecular formula is C26H26N4O. The molecule has 0 saturated heterocycles. The number of carbonyl (C=O) groups excluding carboxylic acids is 1. The van der Waals surface area contributed by atoms with Crippen LogP contribution in [0.15, 0.2) is 75.5 Å². The summed E-state index contributed by atoms with van der Waals surface area (Å²) in [6.07, 6.45) is 5.73. The standard InChI is InChI=1S/C26H26N4O/c1-3-26(20-6-4-5-16(13-20)17-9-10-27-15(2)11-17)21-14-28-30-25(21)29-23-18-7-8-19(12-18)24(31)22(23)26/h4-6,9-11,13,18-19,29H,3,7-8,12,14H2,1-2H3/t18-,19+,26-/m1/s1. The zero-order valence-corrected chi connectivity index (χ0v) is 18.0. The number of Topliss-reactive ketones (excluding diaryl/α,β-unsaturated/α-hetero) is 1. The largest absolute Gasteiger partial charge is 0.342 e. The first kappa shape index (κ1) is 18.7. The fraction of sp³-hybridized carbons (Fsp3) is 0.385. The minimum Gasteiger partial charge on any atom is -0.342 e. The number of rotatable bonds is 3. The van der Waals surface area contributed by atoms with Crippen molar-refractivity contribution in [3.05, 3.63) is 76.5 Å². The SMILES string of the molecule is CC[C@@]1(c2cccc(-c3ccnc(C)c3)c2)C2=C(N=NC2)NC2=C1C(=O)[C@H]1CC[C@@H]2C1. The van der Waals surface area contributed by atoms with Crippen molar-refractivity contribution in [1.82, 2.24) is 10.3 Å². The molecule has 0 amide bonds. The highest BCUT2D eigenvalue weighted by Crippen LogP contribution is 2.56. The van der Waals surface area contributed by atoms with Gasteiger partial charge in [-0.15, -0.1) is 5.11 Å². The molecule has 6 rings (SSSR count). The van der Waals surface area contributed by atoms with Gasteiger partial charge in [0, 0.05) is 40.6 Å². The third kappa shape index (κ3) is 2.55. The number of aryl methyl sites for hydroxylation is 1. The zero-order valence-electron chi connectivity index (χ0n) is 18.0. The number of dihydropyridines is 1. The van der Waals surface area contributed by atoms with Gasteiger partial charge in [0.2, 0.25) is 0 Å². The highest BCUT2D eigenvalue weighted by molar-refractivity contribution is 6.03. The average Bonchev–Trinajstić information content (AvgIpc) is 3.45. The number of nitrogens with one attached hydrogen (secondary N) is 1. The number of hydrogen-bond donors (Lipinski definition) is 1. The monoisotopic (exact) mass is 410 g/mol. The van der Waals surface area contributed by atoms with Gasteiger partial charge in [-0.05, 0) is 67.5 Å². The maximum Gasteiger partial charge on any atom is 0.164 e. The summed E-state index contributed by atoms with van der Waals surface area (Å²) in [6.45, 7) is 4.76. The molecule has 31 heavy (non-hydrogen) atoms. The molecule has 5 heteroatoms. The van der Waals surface area contributed by atoms with E-state index in [1.165, 1.54) is 5.56 Å². The molecule has 0 unspecified atom stereocenters. The van der Waals surface area contributed by atoms with Crippen LogP contribution in [0.1, 0.15) is 43.9 Å². The Morgan fingerprint density at radius 2 is 1.97 bits per heavy atom. The quantitative estimate of drug-likeness (QED) is 0.753. The number of carbonyl (C=O) groups is 1. The Balaban J connectivity index is 1.58. The average molecular weight is 411 g/mol. The third-order valence-corrected chi connectivity index (χ3v) is 7.72. The normalized spacial score (nSPS) is 28.6. The van der Waals surface area contributed by atoms with Crippen LogP contribution in [0.3, 0.4) is 0 Å². The van der Waals surface area contributed by atoms with E-state index in [1.54, 1.807) is 0 Å². The summed E-state index contributed by atoms with van der Waals surface area (Å²) in [7, 11) is 0. The maximum atomic E-state index is 13.8. The van der Waals surface area contributed by atoms with E-state index in [4.69, 9.17) is 0 Å². The molecule has 4 aliphatic rings. The first-order chi connectivity index (χ1) is 15.1. The molecule has 156 valence electrons. The lowest BCUT2D eigenvalue weighted by Gasteiger charge is -2.44. The van der Waals surface area contributed by atoms with E-state index in [2.05, 4.69) is 63.9 Å². The first-order valence-corrected chi connectivity index (χ1v) is 11.3. The molecule has 0 spiro atoms. The van der Waals surface area contributed by atoms with Crippen molar-refractivity contribution in [3.63, 3.8) is 0 Å². The second-order valence-corrected chi connectivity index (χ2v) is 9.24. The van der Waals surface area contributed by atoms with E-state index in [9.17, 15) is 4.79 Å². The number of nitrogens with zero attached hydrogens (tertiary/aromatic N) is 3. The van der Waals surface area contributed by atoms with Gasteiger partial charge < -0.3 is 5.32 Å². The molecular weight excluding hydrogens is 384 g/mol. The van der Waals surface area contributed by atoms with E-state index < -0.39 is 5.41 Å². The van der Waals surface area contributed by atoms with E-state index >= 15 is 0 Å². The van der Waals surface area contributed by atoms with Crippen molar-refractivity contribution in [2.75, 3.05) is 6.54 Å². The van der Waals surface area contributed by atoms with Crippen LogP contribution >= 0.6 is 0 Å². The lowest BCUT2D eigenvalue weighted by atomic mass is 9.60. The molecule has 3 heterocycles. The van der Waals surface area contributed by atoms with Crippen LogP contribution in [0.5, 0.6) is 0 Å². The summed E-state index contributed by atoms with van der Waals surface area (Å²) in [5.74, 6) is 1.80. The summed E-state index contributed by atoms with van der Waals surface area (Å²) >= 11 is 0. The second kappa shape index (κ2) is 6.71. The van der Waals surface area contributed by atoms with Gasteiger partial charge in [-0.2, -0.15) is 5.11 Å². The van der Waals surface area contributed by atoms with Crippen molar-refractivity contribution in [2.45, 2.75) is 44.9 Å². The number of fused-ring (bicyclic) bond motifs is 3. The highest BCUT2D eigenvalue weighted by Gasteiger charge is 2.54. The Morgan fingerprint density at radius 1 is 1.13 bits per heavy atom. The number of allylic oxidation sites excluding steroid dienone is 2. The molecule has 1 N–H and O–H groups in total. The van der Waals surface area contributed by atoms with Gasteiger partial charge in [-0.1, -0.05) is 25.1 Å². The fourth-order valence-electron chi connectivity index (χ4n) is 6.26. The van der Waals surface area contributed by atoms with Crippen LogP contribution in [0, 0.1) is 18.8 Å². The molecule has 3 atom stereocenters. The van der Waals surface area contributed by atoms with E-state index in [1.807, 2.05) is 13.1 Å². The summed E-state index contributed by atoms with van der Waals surface area (Å²) < 4.78 is 0. The minimum atomic E-state index is -0.462.